The molecule has 0 unspecified atom stereocenters. The molecule has 0 aliphatic heterocycles. The van der Waals surface area contributed by atoms with Gasteiger partial charge >= 0.3 is 0 Å². The maximum atomic E-state index is 12.9. The molecular weight excluding hydrogens is 432 g/mol. The zero-order valence-corrected chi connectivity index (χ0v) is 20.0. The summed E-state index contributed by atoms with van der Waals surface area (Å²) in [5, 5.41) is 6.38. The minimum Gasteiger partial charge on any atom is -0.494 e. The SMILES string of the molecule is CCOc1ccc(NC(=O)c2ccccc2SCC(=O)NC23CC4CC(CC(C4)C2)C3)cc1. The fourth-order valence-corrected chi connectivity index (χ4v) is 7.37. The quantitative estimate of drug-likeness (QED) is 0.505. The van der Waals surface area contributed by atoms with Crippen LogP contribution in [0.1, 0.15) is 55.8 Å². The summed E-state index contributed by atoms with van der Waals surface area (Å²) < 4.78 is 5.46. The number of carbonyl (C=O) groups excluding carboxylic acids is 2. The zero-order valence-electron chi connectivity index (χ0n) is 19.1. The highest BCUT2D eigenvalue weighted by Gasteiger charge is 2.51. The summed E-state index contributed by atoms with van der Waals surface area (Å²) in [5.41, 5.74) is 1.32. The Bertz CT molecular complexity index is 985. The van der Waals surface area contributed by atoms with Crippen LogP contribution >= 0.6 is 11.8 Å². The van der Waals surface area contributed by atoms with E-state index in [1.165, 1.54) is 31.0 Å². The van der Waals surface area contributed by atoms with E-state index < -0.39 is 0 Å². The van der Waals surface area contributed by atoms with Crippen LogP contribution in [0.5, 0.6) is 5.75 Å². The van der Waals surface area contributed by atoms with E-state index >= 15 is 0 Å². The predicted molar refractivity (Wildman–Crippen MR) is 132 cm³/mol. The molecule has 2 amide bonds. The third-order valence-electron chi connectivity index (χ3n) is 7.36. The van der Waals surface area contributed by atoms with Crippen LogP contribution in [-0.2, 0) is 4.79 Å². The van der Waals surface area contributed by atoms with Crippen molar-refractivity contribution in [1.29, 1.82) is 0 Å². The van der Waals surface area contributed by atoms with Gasteiger partial charge < -0.3 is 15.4 Å². The molecule has 2 aromatic carbocycles. The number of thioether (sulfide) groups is 1. The van der Waals surface area contributed by atoms with Gasteiger partial charge in [-0.3, -0.25) is 9.59 Å². The second kappa shape index (κ2) is 9.41. The summed E-state index contributed by atoms with van der Waals surface area (Å²) in [6.07, 6.45) is 7.53. The lowest BCUT2D eigenvalue weighted by molar-refractivity contribution is -0.124. The second-order valence-corrected chi connectivity index (χ2v) is 11.0. The van der Waals surface area contributed by atoms with Crippen molar-refractivity contribution in [3.63, 3.8) is 0 Å². The number of benzene rings is 2. The van der Waals surface area contributed by atoms with Crippen molar-refractivity contribution < 1.29 is 14.3 Å². The molecular formula is C27H32N2O3S. The van der Waals surface area contributed by atoms with Gasteiger partial charge in [-0.2, -0.15) is 0 Å². The third-order valence-corrected chi connectivity index (χ3v) is 8.43. The van der Waals surface area contributed by atoms with Gasteiger partial charge in [0, 0.05) is 16.1 Å². The summed E-state index contributed by atoms with van der Waals surface area (Å²) in [6, 6.07) is 14.8. The molecule has 0 spiro atoms. The number of hydrogen-bond acceptors (Lipinski definition) is 4. The van der Waals surface area contributed by atoms with Crippen LogP contribution in [-0.4, -0.2) is 29.7 Å². The van der Waals surface area contributed by atoms with Crippen LogP contribution in [0.3, 0.4) is 0 Å². The number of nitrogens with one attached hydrogen (secondary N) is 2. The maximum Gasteiger partial charge on any atom is 0.256 e. The number of amides is 2. The molecule has 4 saturated carbocycles. The van der Waals surface area contributed by atoms with Crippen LogP contribution in [0.25, 0.3) is 0 Å². The van der Waals surface area contributed by atoms with E-state index in [1.807, 2.05) is 55.5 Å². The molecule has 4 fully saturated rings. The van der Waals surface area contributed by atoms with Gasteiger partial charge in [0.25, 0.3) is 5.91 Å². The summed E-state index contributed by atoms with van der Waals surface area (Å²) in [6.45, 7) is 2.54. The lowest BCUT2D eigenvalue weighted by Crippen LogP contribution is -2.60. The van der Waals surface area contributed by atoms with Crippen molar-refractivity contribution in [3.8, 4) is 5.75 Å². The van der Waals surface area contributed by atoms with Crippen LogP contribution < -0.4 is 15.4 Å². The predicted octanol–water partition coefficient (Wildman–Crippen LogP) is 5.51. The van der Waals surface area contributed by atoms with E-state index in [9.17, 15) is 9.59 Å². The number of rotatable bonds is 8. The van der Waals surface area contributed by atoms with Crippen LogP contribution in [0.15, 0.2) is 53.4 Å². The minimum atomic E-state index is -0.177. The Morgan fingerprint density at radius 1 is 0.970 bits per heavy atom. The fraction of sp³-hybridized carbons (Fsp3) is 0.481. The first-order valence-electron chi connectivity index (χ1n) is 12.1. The first kappa shape index (κ1) is 22.3. The van der Waals surface area contributed by atoms with Gasteiger partial charge in [0.1, 0.15) is 5.75 Å². The number of carbonyl (C=O) groups is 2. The Morgan fingerprint density at radius 2 is 1.61 bits per heavy atom. The van der Waals surface area contributed by atoms with Crippen LogP contribution in [0, 0.1) is 17.8 Å². The van der Waals surface area contributed by atoms with Gasteiger partial charge in [0.05, 0.1) is 17.9 Å². The highest BCUT2D eigenvalue weighted by atomic mass is 32.2. The molecule has 0 atom stereocenters. The summed E-state index contributed by atoms with van der Waals surface area (Å²) >= 11 is 1.44. The number of anilines is 1. The molecule has 4 bridgehead atoms. The molecule has 6 heteroatoms. The Labute approximate surface area is 200 Å². The first-order chi connectivity index (χ1) is 16.0. The molecule has 4 aliphatic carbocycles. The van der Waals surface area contributed by atoms with E-state index in [0.717, 1.165) is 47.7 Å². The smallest absolute Gasteiger partial charge is 0.256 e. The molecule has 5 nitrogen and oxygen atoms in total. The maximum absolute atomic E-state index is 12.9. The summed E-state index contributed by atoms with van der Waals surface area (Å²) in [4.78, 5) is 26.7. The molecule has 2 aromatic rings. The molecule has 6 rings (SSSR count). The van der Waals surface area contributed by atoms with E-state index in [2.05, 4.69) is 10.6 Å². The van der Waals surface area contributed by atoms with E-state index in [0.29, 0.717) is 23.6 Å². The Balaban J connectivity index is 1.19. The van der Waals surface area contributed by atoms with Crippen molar-refractivity contribution in [2.24, 2.45) is 17.8 Å². The Hall–Kier alpha value is -2.47. The van der Waals surface area contributed by atoms with Crippen molar-refractivity contribution >= 4 is 29.3 Å². The zero-order chi connectivity index (χ0) is 22.8. The minimum absolute atomic E-state index is 0.0247. The number of ether oxygens (including phenoxy) is 1. The van der Waals surface area contributed by atoms with Gasteiger partial charge in [-0.1, -0.05) is 12.1 Å². The molecule has 2 N–H and O–H groups in total. The van der Waals surface area contributed by atoms with Gasteiger partial charge in [0.15, 0.2) is 0 Å². The van der Waals surface area contributed by atoms with E-state index in [4.69, 9.17) is 4.74 Å². The molecule has 174 valence electrons. The third kappa shape index (κ3) is 5.06. The fourth-order valence-electron chi connectivity index (χ4n) is 6.52. The average Bonchev–Trinajstić information content (AvgIpc) is 2.78. The van der Waals surface area contributed by atoms with E-state index in [-0.39, 0.29) is 17.4 Å². The summed E-state index contributed by atoms with van der Waals surface area (Å²) in [7, 11) is 0. The molecule has 0 saturated heterocycles. The lowest BCUT2D eigenvalue weighted by atomic mass is 9.53. The van der Waals surface area contributed by atoms with Gasteiger partial charge in [-0.05, 0) is 99.6 Å². The van der Waals surface area contributed by atoms with Crippen molar-refractivity contribution in [2.75, 3.05) is 17.7 Å². The van der Waals surface area contributed by atoms with Crippen molar-refractivity contribution in [3.05, 3.63) is 54.1 Å². The normalized spacial score (nSPS) is 27.2. The van der Waals surface area contributed by atoms with Crippen LogP contribution in [0.4, 0.5) is 5.69 Å². The molecule has 0 aromatic heterocycles. The highest BCUT2D eigenvalue weighted by Crippen LogP contribution is 2.55. The number of hydrogen-bond donors (Lipinski definition) is 2. The summed E-state index contributed by atoms with van der Waals surface area (Å²) in [5.74, 6) is 3.42. The van der Waals surface area contributed by atoms with Crippen LogP contribution in [0.2, 0.25) is 0 Å². The Morgan fingerprint density at radius 3 is 2.24 bits per heavy atom. The standard InChI is InChI=1S/C27H32N2O3S/c1-2-32-22-9-7-21(8-10-22)28-26(31)23-5-3-4-6-24(23)33-17-25(30)29-27-14-18-11-19(15-27)13-20(12-18)16-27/h3-10,18-20H,2,11-17H2,1H3,(H,28,31)(H,29,30). The average molecular weight is 465 g/mol. The molecule has 0 heterocycles. The van der Waals surface area contributed by atoms with Gasteiger partial charge in [-0.15, -0.1) is 11.8 Å². The van der Waals surface area contributed by atoms with E-state index in [1.54, 1.807) is 0 Å². The largest absolute Gasteiger partial charge is 0.494 e. The lowest BCUT2D eigenvalue weighted by Gasteiger charge is -2.56. The topological polar surface area (TPSA) is 67.4 Å². The molecule has 33 heavy (non-hydrogen) atoms. The molecule has 0 radical (unpaired) electrons. The van der Waals surface area contributed by atoms with Crippen molar-refractivity contribution in [2.45, 2.75) is 55.9 Å². The highest BCUT2D eigenvalue weighted by molar-refractivity contribution is 8.00. The molecule has 4 aliphatic rings. The monoisotopic (exact) mass is 464 g/mol. The van der Waals surface area contributed by atoms with Gasteiger partial charge in [0.2, 0.25) is 5.91 Å². The second-order valence-electron chi connectivity index (χ2n) is 9.94. The van der Waals surface area contributed by atoms with Crippen molar-refractivity contribution in [1.82, 2.24) is 5.32 Å². The Kier molecular flexibility index (Phi) is 6.37. The van der Waals surface area contributed by atoms with Gasteiger partial charge in [-0.25, -0.2) is 0 Å². The first-order valence-corrected chi connectivity index (χ1v) is 13.1.